The minimum absolute atomic E-state index is 0.0610. The quantitative estimate of drug-likeness (QED) is 0.784. The summed E-state index contributed by atoms with van der Waals surface area (Å²) < 4.78 is 5.49. The second-order valence-corrected chi connectivity index (χ2v) is 6.83. The molecule has 0 atom stereocenters. The molecular weight excluding hydrogens is 314 g/mol. The Morgan fingerprint density at radius 3 is 2.48 bits per heavy atom. The van der Waals surface area contributed by atoms with Gasteiger partial charge in [-0.05, 0) is 29.2 Å². The first-order valence-electron chi connectivity index (χ1n) is 8.17. The average Bonchev–Trinajstić information content (AvgIpc) is 2.59. The largest absolute Gasteiger partial charge is 0.466 e. The average molecular weight is 335 g/mol. The lowest BCUT2D eigenvalue weighted by molar-refractivity contribution is -0.118. The maximum Gasteiger partial charge on any atom is 0.262 e. The number of benzene rings is 2. The van der Waals surface area contributed by atoms with E-state index >= 15 is 0 Å². The molecule has 0 aliphatic rings. The van der Waals surface area contributed by atoms with Crippen LogP contribution in [0.15, 0.2) is 54.7 Å². The molecule has 2 aromatic carbocycles. The van der Waals surface area contributed by atoms with Gasteiger partial charge in [0.05, 0.1) is 17.2 Å². The molecule has 0 saturated heterocycles. The Morgan fingerprint density at radius 1 is 1.04 bits per heavy atom. The van der Waals surface area contributed by atoms with E-state index in [2.05, 4.69) is 36.1 Å². The topological polar surface area (TPSA) is 64.1 Å². The minimum atomic E-state index is -0.230. The monoisotopic (exact) mass is 335 g/mol. The lowest BCUT2D eigenvalue weighted by Gasteiger charge is -2.23. The predicted molar refractivity (Wildman–Crippen MR) is 98.8 cm³/mol. The number of para-hydroxylation sites is 3. The molecule has 1 aromatic heterocycles. The fourth-order valence-corrected chi connectivity index (χ4v) is 2.58. The van der Waals surface area contributed by atoms with E-state index in [1.54, 1.807) is 0 Å². The summed E-state index contributed by atoms with van der Waals surface area (Å²) in [6.45, 7) is 6.21. The van der Waals surface area contributed by atoms with Crippen molar-refractivity contribution in [2.45, 2.75) is 26.2 Å². The van der Waals surface area contributed by atoms with Crippen LogP contribution < -0.4 is 10.1 Å². The molecule has 0 spiro atoms. The van der Waals surface area contributed by atoms with Crippen molar-refractivity contribution in [2.75, 3.05) is 11.9 Å². The van der Waals surface area contributed by atoms with Crippen LogP contribution in [0.2, 0.25) is 0 Å². The standard InChI is InChI=1S/C20H21N3O2/c1-20(2,3)14-8-4-5-9-15(14)22-18(24)13-25-19-12-21-16-10-6-7-11-17(16)23-19/h4-12H,13H2,1-3H3,(H,22,24). The first-order valence-corrected chi connectivity index (χ1v) is 8.17. The maximum atomic E-state index is 12.2. The summed E-state index contributed by atoms with van der Waals surface area (Å²) in [4.78, 5) is 20.9. The summed E-state index contributed by atoms with van der Waals surface area (Å²) in [5, 5.41) is 2.91. The van der Waals surface area contributed by atoms with E-state index in [0.717, 1.165) is 22.3 Å². The molecule has 3 aromatic rings. The van der Waals surface area contributed by atoms with E-state index < -0.39 is 0 Å². The van der Waals surface area contributed by atoms with Crippen LogP contribution in [0, 0.1) is 0 Å². The normalized spacial score (nSPS) is 11.3. The van der Waals surface area contributed by atoms with Crippen molar-refractivity contribution in [1.29, 1.82) is 0 Å². The number of ether oxygens (including phenoxy) is 1. The number of aromatic nitrogens is 2. The zero-order chi connectivity index (χ0) is 17.9. The van der Waals surface area contributed by atoms with Crippen LogP contribution in [0.5, 0.6) is 5.88 Å². The summed E-state index contributed by atoms with van der Waals surface area (Å²) in [6.07, 6.45) is 1.53. The Labute approximate surface area is 147 Å². The second-order valence-electron chi connectivity index (χ2n) is 6.83. The number of rotatable bonds is 4. The summed E-state index contributed by atoms with van der Waals surface area (Å²) in [7, 11) is 0. The van der Waals surface area contributed by atoms with Gasteiger partial charge in [0.1, 0.15) is 0 Å². The Hall–Kier alpha value is -2.95. The molecule has 3 rings (SSSR count). The van der Waals surface area contributed by atoms with Gasteiger partial charge in [0, 0.05) is 5.69 Å². The van der Waals surface area contributed by atoms with Gasteiger partial charge in [-0.1, -0.05) is 51.1 Å². The summed E-state index contributed by atoms with van der Waals surface area (Å²) in [5.74, 6) is 0.101. The van der Waals surface area contributed by atoms with Crippen LogP contribution in [-0.4, -0.2) is 22.5 Å². The number of hydrogen-bond donors (Lipinski definition) is 1. The number of hydrogen-bond acceptors (Lipinski definition) is 4. The zero-order valence-corrected chi connectivity index (χ0v) is 14.6. The predicted octanol–water partition coefficient (Wildman–Crippen LogP) is 3.94. The van der Waals surface area contributed by atoms with E-state index in [9.17, 15) is 4.79 Å². The number of carbonyl (C=O) groups excluding carboxylic acids is 1. The SMILES string of the molecule is CC(C)(C)c1ccccc1NC(=O)COc1cnc2ccccc2n1. The van der Waals surface area contributed by atoms with Crippen LogP contribution in [0.4, 0.5) is 5.69 Å². The lowest BCUT2D eigenvalue weighted by Crippen LogP contribution is -2.23. The van der Waals surface area contributed by atoms with Gasteiger partial charge in [-0.25, -0.2) is 9.97 Å². The smallest absolute Gasteiger partial charge is 0.262 e. The molecule has 1 heterocycles. The van der Waals surface area contributed by atoms with Crippen molar-refractivity contribution in [3.8, 4) is 5.88 Å². The molecule has 0 aliphatic heterocycles. The number of anilines is 1. The van der Waals surface area contributed by atoms with Crippen molar-refractivity contribution >= 4 is 22.6 Å². The van der Waals surface area contributed by atoms with Gasteiger partial charge in [0.2, 0.25) is 5.88 Å². The molecule has 5 nitrogen and oxygen atoms in total. The first kappa shape index (κ1) is 16.9. The number of nitrogens with one attached hydrogen (secondary N) is 1. The van der Waals surface area contributed by atoms with E-state index in [1.807, 2.05) is 48.5 Å². The highest BCUT2D eigenvalue weighted by atomic mass is 16.5. The van der Waals surface area contributed by atoms with E-state index in [4.69, 9.17) is 4.74 Å². The molecule has 128 valence electrons. The van der Waals surface area contributed by atoms with Crippen molar-refractivity contribution in [3.63, 3.8) is 0 Å². The fourth-order valence-electron chi connectivity index (χ4n) is 2.58. The molecule has 0 fully saturated rings. The van der Waals surface area contributed by atoms with Crippen molar-refractivity contribution in [3.05, 3.63) is 60.3 Å². The number of carbonyl (C=O) groups is 1. The Bertz CT molecular complexity index is 901. The van der Waals surface area contributed by atoms with E-state index in [0.29, 0.717) is 5.88 Å². The van der Waals surface area contributed by atoms with Gasteiger partial charge in [0.25, 0.3) is 5.91 Å². The highest BCUT2D eigenvalue weighted by Crippen LogP contribution is 2.29. The van der Waals surface area contributed by atoms with Crippen LogP contribution in [0.1, 0.15) is 26.3 Å². The Kier molecular flexibility index (Phi) is 4.65. The highest BCUT2D eigenvalue weighted by molar-refractivity contribution is 5.92. The van der Waals surface area contributed by atoms with Crippen LogP contribution in [0.25, 0.3) is 11.0 Å². The first-order chi connectivity index (χ1) is 11.9. The maximum absolute atomic E-state index is 12.2. The van der Waals surface area contributed by atoms with E-state index in [-0.39, 0.29) is 17.9 Å². The molecule has 0 radical (unpaired) electrons. The minimum Gasteiger partial charge on any atom is -0.466 e. The number of nitrogens with zero attached hydrogens (tertiary/aromatic N) is 2. The molecule has 0 unspecified atom stereocenters. The van der Waals surface area contributed by atoms with Crippen molar-refractivity contribution in [1.82, 2.24) is 9.97 Å². The molecule has 0 aliphatic carbocycles. The molecule has 0 saturated carbocycles. The zero-order valence-electron chi connectivity index (χ0n) is 14.6. The Balaban J connectivity index is 1.67. The molecule has 0 bridgehead atoms. The van der Waals surface area contributed by atoms with Crippen LogP contribution in [0.3, 0.4) is 0 Å². The van der Waals surface area contributed by atoms with Gasteiger partial charge < -0.3 is 10.1 Å². The van der Waals surface area contributed by atoms with Gasteiger partial charge >= 0.3 is 0 Å². The third kappa shape index (κ3) is 4.12. The third-order valence-electron chi connectivity index (χ3n) is 3.79. The van der Waals surface area contributed by atoms with Gasteiger partial charge in [-0.3, -0.25) is 4.79 Å². The van der Waals surface area contributed by atoms with Crippen molar-refractivity contribution < 1.29 is 9.53 Å². The van der Waals surface area contributed by atoms with Gasteiger partial charge in [-0.15, -0.1) is 0 Å². The summed E-state index contributed by atoms with van der Waals surface area (Å²) in [6, 6.07) is 15.3. The van der Waals surface area contributed by atoms with E-state index in [1.165, 1.54) is 6.20 Å². The lowest BCUT2D eigenvalue weighted by atomic mass is 9.86. The summed E-state index contributed by atoms with van der Waals surface area (Å²) >= 11 is 0. The van der Waals surface area contributed by atoms with Crippen molar-refractivity contribution in [2.24, 2.45) is 0 Å². The van der Waals surface area contributed by atoms with Crippen LogP contribution >= 0.6 is 0 Å². The Morgan fingerprint density at radius 2 is 1.72 bits per heavy atom. The van der Waals surface area contributed by atoms with Gasteiger partial charge in [0.15, 0.2) is 6.61 Å². The molecule has 1 N–H and O–H groups in total. The molecular formula is C20H21N3O2. The molecule has 5 heteroatoms. The molecule has 1 amide bonds. The molecule has 25 heavy (non-hydrogen) atoms. The summed E-state index contributed by atoms with van der Waals surface area (Å²) in [5.41, 5.74) is 3.34. The second kappa shape index (κ2) is 6.89. The van der Waals surface area contributed by atoms with Crippen LogP contribution in [-0.2, 0) is 10.2 Å². The van der Waals surface area contributed by atoms with Gasteiger partial charge in [-0.2, -0.15) is 0 Å². The number of amides is 1. The number of fused-ring (bicyclic) bond motifs is 1. The third-order valence-corrected chi connectivity index (χ3v) is 3.79. The fraction of sp³-hybridized carbons (Fsp3) is 0.250. The highest BCUT2D eigenvalue weighted by Gasteiger charge is 2.18.